The van der Waals surface area contributed by atoms with Crippen LogP contribution in [0.2, 0.25) is 4.34 Å². The summed E-state index contributed by atoms with van der Waals surface area (Å²) in [6.07, 6.45) is 7.99. The van der Waals surface area contributed by atoms with Gasteiger partial charge in [0.1, 0.15) is 0 Å². The highest BCUT2D eigenvalue weighted by molar-refractivity contribution is 7.16. The van der Waals surface area contributed by atoms with Crippen molar-refractivity contribution in [3.8, 4) is 0 Å². The van der Waals surface area contributed by atoms with Gasteiger partial charge in [-0.3, -0.25) is 0 Å². The third-order valence-electron chi connectivity index (χ3n) is 4.22. The molecule has 0 bridgehead atoms. The number of aryl methyl sites for hydroxylation is 1. The molecule has 0 aliphatic heterocycles. The lowest BCUT2D eigenvalue weighted by Gasteiger charge is -2.30. The number of nitrogens with one attached hydrogen (secondary N) is 1. The number of fused-ring (bicyclic) bond motifs is 1. The van der Waals surface area contributed by atoms with Crippen LogP contribution in [-0.2, 0) is 6.42 Å². The fourth-order valence-corrected chi connectivity index (χ4v) is 4.73. The number of hydrogen-bond acceptors (Lipinski definition) is 2. The SMILES string of the molecule is CC1CCCC(NC2CCc3sc(Cl)cc32)C1. The van der Waals surface area contributed by atoms with Gasteiger partial charge in [-0.2, -0.15) is 0 Å². The summed E-state index contributed by atoms with van der Waals surface area (Å²) in [6, 6.07) is 3.48. The highest BCUT2D eigenvalue weighted by Gasteiger charge is 2.28. The van der Waals surface area contributed by atoms with Gasteiger partial charge in [-0.15, -0.1) is 11.3 Å². The second-order valence-corrected chi connectivity index (χ2v) is 7.42. The number of halogens is 1. The van der Waals surface area contributed by atoms with Crippen molar-refractivity contribution in [3.63, 3.8) is 0 Å². The van der Waals surface area contributed by atoms with Crippen LogP contribution in [0, 0.1) is 5.92 Å². The lowest BCUT2D eigenvalue weighted by Crippen LogP contribution is -2.35. The van der Waals surface area contributed by atoms with Crippen LogP contribution >= 0.6 is 22.9 Å². The van der Waals surface area contributed by atoms with Crippen molar-refractivity contribution in [2.75, 3.05) is 0 Å². The topological polar surface area (TPSA) is 12.0 Å². The van der Waals surface area contributed by atoms with Crippen LogP contribution in [0.25, 0.3) is 0 Å². The second-order valence-electron chi connectivity index (χ2n) is 5.66. The Hall–Kier alpha value is -0.0500. The van der Waals surface area contributed by atoms with Crippen molar-refractivity contribution < 1.29 is 0 Å². The standard InChI is InChI=1S/C14H20ClNS/c1-9-3-2-4-10(7-9)16-12-5-6-13-11(12)8-14(15)17-13/h8-10,12,16H,2-7H2,1H3. The Morgan fingerprint density at radius 2 is 2.24 bits per heavy atom. The summed E-state index contributed by atoms with van der Waals surface area (Å²) < 4.78 is 0.957. The van der Waals surface area contributed by atoms with Crippen LogP contribution in [0.4, 0.5) is 0 Å². The molecule has 0 radical (unpaired) electrons. The third kappa shape index (κ3) is 2.54. The molecule has 3 unspecified atom stereocenters. The summed E-state index contributed by atoms with van der Waals surface area (Å²) in [5, 5.41) is 3.87. The fourth-order valence-electron chi connectivity index (χ4n) is 3.37. The van der Waals surface area contributed by atoms with Gasteiger partial charge in [0.25, 0.3) is 0 Å². The smallest absolute Gasteiger partial charge is 0.0934 e. The monoisotopic (exact) mass is 269 g/mol. The number of hydrogen-bond donors (Lipinski definition) is 1. The molecule has 2 aliphatic rings. The molecule has 17 heavy (non-hydrogen) atoms. The maximum atomic E-state index is 6.10. The zero-order chi connectivity index (χ0) is 11.8. The molecule has 0 aromatic carbocycles. The molecule has 1 aromatic rings. The van der Waals surface area contributed by atoms with Gasteiger partial charge in [-0.1, -0.05) is 31.4 Å². The van der Waals surface area contributed by atoms with Gasteiger partial charge >= 0.3 is 0 Å². The lowest BCUT2D eigenvalue weighted by molar-refractivity contribution is 0.280. The van der Waals surface area contributed by atoms with Crippen molar-refractivity contribution in [2.45, 2.75) is 57.5 Å². The summed E-state index contributed by atoms with van der Waals surface area (Å²) in [7, 11) is 0. The number of rotatable bonds is 2. The summed E-state index contributed by atoms with van der Waals surface area (Å²) in [4.78, 5) is 1.51. The van der Waals surface area contributed by atoms with Gasteiger partial charge in [0.15, 0.2) is 0 Å². The third-order valence-corrected chi connectivity index (χ3v) is 5.56. The van der Waals surface area contributed by atoms with E-state index < -0.39 is 0 Å². The van der Waals surface area contributed by atoms with Gasteiger partial charge in [-0.25, -0.2) is 0 Å². The fraction of sp³-hybridized carbons (Fsp3) is 0.714. The van der Waals surface area contributed by atoms with E-state index in [1.165, 1.54) is 49.0 Å². The normalized spacial score (nSPS) is 32.7. The van der Waals surface area contributed by atoms with E-state index in [0.29, 0.717) is 6.04 Å². The van der Waals surface area contributed by atoms with Crippen LogP contribution in [0.1, 0.15) is 55.5 Å². The van der Waals surface area contributed by atoms with Crippen molar-refractivity contribution in [1.82, 2.24) is 5.32 Å². The Labute approximate surface area is 113 Å². The quantitative estimate of drug-likeness (QED) is 0.830. The first-order valence-electron chi connectivity index (χ1n) is 6.76. The summed E-state index contributed by atoms with van der Waals surface area (Å²) in [5.74, 6) is 0.896. The summed E-state index contributed by atoms with van der Waals surface area (Å²) in [5.41, 5.74) is 1.48. The molecule has 1 N–H and O–H groups in total. The Morgan fingerprint density at radius 3 is 3.06 bits per heavy atom. The first-order valence-corrected chi connectivity index (χ1v) is 7.96. The summed E-state index contributed by atoms with van der Waals surface area (Å²) in [6.45, 7) is 2.38. The van der Waals surface area contributed by atoms with E-state index in [-0.39, 0.29) is 0 Å². The Morgan fingerprint density at radius 1 is 1.35 bits per heavy atom. The molecule has 94 valence electrons. The van der Waals surface area contributed by atoms with Crippen molar-refractivity contribution in [2.24, 2.45) is 5.92 Å². The van der Waals surface area contributed by atoms with Gasteiger partial charge in [0.2, 0.25) is 0 Å². The minimum Gasteiger partial charge on any atom is -0.307 e. The van der Waals surface area contributed by atoms with Gasteiger partial charge in [0.05, 0.1) is 4.34 Å². The predicted molar refractivity (Wildman–Crippen MR) is 74.9 cm³/mol. The molecule has 0 saturated heterocycles. The minimum absolute atomic E-state index is 0.573. The van der Waals surface area contributed by atoms with Crippen molar-refractivity contribution in [3.05, 3.63) is 20.8 Å². The molecule has 3 atom stereocenters. The maximum absolute atomic E-state index is 6.10. The largest absolute Gasteiger partial charge is 0.307 e. The van der Waals surface area contributed by atoms with E-state index in [0.717, 1.165) is 16.3 Å². The van der Waals surface area contributed by atoms with Crippen molar-refractivity contribution in [1.29, 1.82) is 0 Å². The molecule has 0 amide bonds. The Bertz CT molecular complexity index is 401. The second kappa shape index (κ2) is 4.91. The Balaban J connectivity index is 1.66. The molecular weight excluding hydrogens is 250 g/mol. The van der Waals surface area contributed by atoms with E-state index in [4.69, 9.17) is 11.6 Å². The van der Waals surface area contributed by atoms with Gasteiger partial charge < -0.3 is 5.32 Å². The van der Waals surface area contributed by atoms with Crippen LogP contribution in [0.5, 0.6) is 0 Å². The molecule has 2 aliphatic carbocycles. The molecular formula is C14H20ClNS. The van der Waals surface area contributed by atoms with E-state index in [9.17, 15) is 0 Å². The first-order chi connectivity index (χ1) is 8.22. The van der Waals surface area contributed by atoms with Crippen LogP contribution < -0.4 is 5.32 Å². The number of thiophene rings is 1. The van der Waals surface area contributed by atoms with Crippen LogP contribution in [0.15, 0.2) is 6.07 Å². The highest BCUT2D eigenvalue weighted by atomic mass is 35.5. The van der Waals surface area contributed by atoms with Crippen molar-refractivity contribution >= 4 is 22.9 Å². The molecule has 1 aromatic heterocycles. The van der Waals surface area contributed by atoms with Crippen LogP contribution in [-0.4, -0.2) is 6.04 Å². The lowest BCUT2D eigenvalue weighted by atomic mass is 9.86. The molecule has 3 heteroatoms. The zero-order valence-corrected chi connectivity index (χ0v) is 11.9. The highest BCUT2D eigenvalue weighted by Crippen LogP contribution is 2.40. The van der Waals surface area contributed by atoms with Gasteiger partial charge in [-0.05, 0) is 43.2 Å². The minimum atomic E-state index is 0.573. The zero-order valence-electron chi connectivity index (χ0n) is 10.3. The van der Waals surface area contributed by atoms with Crippen LogP contribution in [0.3, 0.4) is 0 Å². The van der Waals surface area contributed by atoms with E-state index >= 15 is 0 Å². The van der Waals surface area contributed by atoms with E-state index in [1.807, 2.05) is 0 Å². The molecule has 1 nitrogen and oxygen atoms in total. The van der Waals surface area contributed by atoms with E-state index in [2.05, 4.69) is 18.3 Å². The average molecular weight is 270 g/mol. The molecule has 3 rings (SSSR count). The maximum Gasteiger partial charge on any atom is 0.0934 e. The van der Waals surface area contributed by atoms with E-state index in [1.54, 1.807) is 11.3 Å². The molecule has 1 saturated carbocycles. The predicted octanol–water partition coefficient (Wildman–Crippen LogP) is 4.56. The molecule has 1 heterocycles. The van der Waals surface area contributed by atoms with Gasteiger partial charge in [0, 0.05) is 17.0 Å². The molecule has 1 fully saturated rings. The first kappa shape index (κ1) is 12.0. The molecule has 0 spiro atoms. The average Bonchev–Trinajstić information content (AvgIpc) is 2.80. The summed E-state index contributed by atoms with van der Waals surface area (Å²) >= 11 is 7.87. The Kier molecular flexibility index (Phi) is 3.47.